The van der Waals surface area contributed by atoms with Crippen LogP contribution in [0.3, 0.4) is 0 Å². The van der Waals surface area contributed by atoms with Crippen LogP contribution < -0.4 is 9.47 Å². The predicted molar refractivity (Wildman–Crippen MR) is 96.9 cm³/mol. The Kier molecular flexibility index (Phi) is 4.69. The fourth-order valence-electron chi connectivity index (χ4n) is 2.41. The molecule has 0 radical (unpaired) electrons. The normalized spacial score (nSPS) is 10.9. The average Bonchev–Trinajstić information content (AvgIpc) is 3.08. The van der Waals surface area contributed by atoms with E-state index in [2.05, 4.69) is 22.0 Å². The molecule has 1 heterocycles. The molecular weight excluding hydrogens is 314 g/mol. The number of rotatable bonds is 5. The molecule has 1 N–H and O–H groups in total. The molecule has 0 aliphatic rings. The summed E-state index contributed by atoms with van der Waals surface area (Å²) in [7, 11) is 1.55. The molecule has 0 aliphatic carbocycles. The van der Waals surface area contributed by atoms with Gasteiger partial charge < -0.3 is 14.5 Å². The summed E-state index contributed by atoms with van der Waals surface area (Å²) in [6.07, 6.45) is 6.95. The number of nitrogens with zero attached hydrogens (tertiary/aromatic N) is 2. The molecule has 0 amide bonds. The number of aromatic amines is 1. The van der Waals surface area contributed by atoms with E-state index in [0.29, 0.717) is 22.9 Å². The number of nitriles is 1. The van der Waals surface area contributed by atoms with Gasteiger partial charge in [0.1, 0.15) is 18.5 Å². The number of nitrogens with one attached hydrogen (secondary N) is 1. The Hall–Kier alpha value is -3.70. The summed E-state index contributed by atoms with van der Waals surface area (Å²) in [5.41, 5.74) is 2.92. The first-order valence-electron chi connectivity index (χ1n) is 7.56. The monoisotopic (exact) mass is 329 g/mol. The molecule has 0 aliphatic heterocycles. The Balaban J connectivity index is 1.97. The van der Waals surface area contributed by atoms with Gasteiger partial charge in [0.15, 0.2) is 11.5 Å². The topological polar surface area (TPSA) is 70.9 Å². The van der Waals surface area contributed by atoms with Crippen molar-refractivity contribution in [2.24, 2.45) is 0 Å². The number of aromatic nitrogens is 2. The fourth-order valence-corrected chi connectivity index (χ4v) is 2.41. The van der Waals surface area contributed by atoms with Crippen molar-refractivity contribution in [3.05, 3.63) is 53.9 Å². The second kappa shape index (κ2) is 7.25. The van der Waals surface area contributed by atoms with Gasteiger partial charge in [-0.3, -0.25) is 0 Å². The second-order valence-electron chi connectivity index (χ2n) is 5.18. The van der Waals surface area contributed by atoms with Crippen molar-refractivity contribution >= 4 is 22.7 Å². The SMILES string of the molecule is C#CCOc1ccc(/C=C(\C#N)c2nc3ccccc3[nH]2)cc1OC. The number of imidazole rings is 1. The standard InChI is InChI=1S/C20H15N3O2/c1-3-10-25-18-9-8-14(12-19(18)24-2)11-15(13-21)20-22-16-6-4-5-7-17(16)23-20/h1,4-9,11-12H,10H2,2H3,(H,22,23)/b15-11+. The maximum Gasteiger partial charge on any atom is 0.162 e. The molecule has 0 spiro atoms. The number of terminal acetylenes is 1. The van der Waals surface area contributed by atoms with Crippen molar-refractivity contribution in [2.45, 2.75) is 0 Å². The summed E-state index contributed by atoms with van der Waals surface area (Å²) >= 11 is 0. The van der Waals surface area contributed by atoms with E-state index in [-0.39, 0.29) is 6.61 Å². The van der Waals surface area contributed by atoms with E-state index in [0.717, 1.165) is 16.6 Å². The van der Waals surface area contributed by atoms with Crippen molar-refractivity contribution in [1.29, 1.82) is 5.26 Å². The van der Waals surface area contributed by atoms with Crippen LogP contribution in [-0.2, 0) is 0 Å². The minimum Gasteiger partial charge on any atom is -0.493 e. The van der Waals surface area contributed by atoms with Crippen LogP contribution in [0.25, 0.3) is 22.7 Å². The zero-order chi connectivity index (χ0) is 17.6. The fraction of sp³-hybridized carbons (Fsp3) is 0.100. The van der Waals surface area contributed by atoms with Gasteiger partial charge in [-0.2, -0.15) is 5.26 Å². The maximum absolute atomic E-state index is 9.51. The molecule has 0 atom stereocenters. The first-order chi connectivity index (χ1) is 12.2. The van der Waals surface area contributed by atoms with Gasteiger partial charge in [0.2, 0.25) is 0 Å². The molecule has 122 valence electrons. The highest BCUT2D eigenvalue weighted by Gasteiger charge is 2.09. The third-order valence-electron chi connectivity index (χ3n) is 3.57. The number of fused-ring (bicyclic) bond motifs is 1. The van der Waals surface area contributed by atoms with Gasteiger partial charge in [0, 0.05) is 0 Å². The predicted octanol–water partition coefficient (Wildman–Crippen LogP) is 3.65. The molecule has 5 heteroatoms. The maximum atomic E-state index is 9.51. The minimum atomic E-state index is 0.161. The number of ether oxygens (including phenoxy) is 2. The highest BCUT2D eigenvalue weighted by Crippen LogP contribution is 2.29. The van der Waals surface area contributed by atoms with E-state index < -0.39 is 0 Å². The van der Waals surface area contributed by atoms with Crippen molar-refractivity contribution in [1.82, 2.24) is 9.97 Å². The molecule has 25 heavy (non-hydrogen) atoms. The lowest BCUT2D eigenvalue weighted by atomic mass is 10.1. The summed E-state index contributed by atoms with van der Waals surface area (Å²) in [5.74, 6) is 4.04. The average molecular weight is 329 g/mol. The van der Waals surface area contributed by atoms with Gasteiger partial charge in [-0.25, -0.2) is 4.98 Å². The number of para-hydroxylation sites is 2. The lowest BCUT2D eigenvalue weighted by Crippen LogP contribution is -1.97. The molecule has 0 bridgehead atoms. The van der Waals surface area contributed by atoms with E-state index in [9.17, 15) is 5.26 Å². The first-order valence-corrected chi connectivity index (χ1v) is 7.56. The first kappa shape index (κ1) is 16.2. The largest absolute Gasteiger partial charge is 0.493 e. The number of allylic oxidation sites excluding steroid dienone is 1. The highest BCUT2D eigenvalue weighted by molar-refractivity contribution is 5.90. The molecule has 2 aromatic carbocycles. The van der Waals surface area contributed by atoms with Gasteiger partial charge in [0.25, 0.3) is 0 Å². The zero-order valence-electron chi connectivity index (χ0n) is 13.6. The molecule has 0 unspecified atom stereocenters. The lowest BCUT2D eigenvalue weighted by molar-refractivity contribution is 0.331. The van der Waals surface area contributed by atoms with Gasteiger partial charge in [0.05, 0.1) is 23.7 Å². The van der Waals surface area contributed by atoms with Gasteiger partial charge in [-0.15, -0.1) is 6.42 Å². The summed E-state index contributed by atoms with van der Waals surface area (Å²) in [6.45, 7) is 0.161. The van der Waals surface area contributed by atoms with E-state index in [1.54, 1.807) is 25.3 Å². The Labute approximate surface area is 145 Å². The van der Waals surface area contributed by atoms with Crippen molar-refractivity contribution in [3.63, 3.8) is 0 Å². The Bertz CT molecular complexity index is 986. The van der Waals surface area contributed by atoms with Crippen LogP contribution in [0.15, 0.2) is 42.5 Å². The number of methoxy groups -OCH3 is 1. The van der Waals surface area contributed by atoms with Crippen LogP contribution >= 0.6 is 0 Å². The summed E-state index contributed by atoms with van der Waals surface area (Å²) in [6, 6.07) is 15.2. The number of H-pyrrole nitrogens is 1. The summed E-state index contributed by atoms with van der Waals surface area (Å²) < 4.78 is 10.7. The van der Waals surface area contributed by atoms with E-state index in [1.165, 1.54) is 0 Å². The molecule has 0 fully saturated rings. The highest BCUT2D eigenvalue weighted by atomic mass is 16.5. The van der Waals surface area contributed by atoms with Crippen molar-refractivity contribution in [3.8, 4) is 29.9 Å². The van der Waals surface area contributed by atoms with Gasteiger partial charge in [-0.1, -0.05) is 24.1 Å². The minimum absolute atomic E-state index is 0.161. The molecule has 5 nitrogen and oxygen atoms in total. The Morgan fingerprint density at radius 3 is 2.84 bits per heavy atom. The van der Waals surface area contributed by atoms with E-state index in [4.69, 9.17) is 15.9 Å². The molecule has 0 saturated carbocycles. The number of benzene rings is 2. The van der Waals surface area contributed by atoms with E-state index in [1.807, 2.05) is 30.3 Å². The Morgan fingerprint density at radius 1 is 1.28 bits per heavy atom. The van der Waals surface area contributed by atoms with Crippen LogP contribution in [0.4, 0.5) is 0 Å². The third kappa shape index (κ3) is 3.46. The van der Waals surface area contributed by atoms with E-state index >= 15 is 0 Å². The zero-order valence-corrected chi connectivity index (χ0v) is 13.6. The number of hydrogen-bond donors (Lipinski definition) is 1. The molecule has 0 saturated heterocycles. The van der Waals surface area contributed by atoms with Gasteiger partial charge in [-0.05, 0) is 35.9 Å². The van der Waals surface area contributed by atoms with Crippen LogP contribution in [0.5, 0.6) is 11.5 Å². The van der Waals surface area contributed by atoms with Crippen LogP contribution in [0.2, 0.25) is 0 Å². The van der Waals surface area contributed by atoms with Crippen LogP contribution in [0.1, 0.15) is 11.4 Å². The molecular formula is C20H15N3O2. The van der Waals surface area contributed by atoms with Crippen LogP contribution in [-0.4, -0.2) is 23.7 Å². The van der Waals surface area contributed by atoms with Crippen molar-refractivity contribution < 1.29 is 9.47 Å². The van der Waals surface area contributed by atoms with Crippen molar-refractivity contribution in [2.75, 3.05) is 13.7 Å². The van der Waals surface area contributed by atoms with Crippen LogP contribution in [0, 0.1) is 23.7 Å². The molecule has 1 aromatic heterocycles. The molecule has 3 aromatic rings. The Morgan fingerprint density at radius 2 is 2.12 bits per heavy atom. The molecule has 3 rings (SSSR count). The quantitative estimate of drug-likeness (QED) is 0.573. The third-order valence-corrected chi connectivity index (χ3v) is 3.57. The smallest absolute Gasteiger partial charge is 0.162 e. The number of hydrogen-bond acceptors (Lipinski definition) is 4. The summed E-state index contributed by atoms with van der Waals surface area (Å²) in [4.78, 5) is 7.61. The lowest BCUT2D eigenvalue weighted by Gasteiger charge is -2.09. The second-order valence-corrected chi connectivity index (χ2v) is 5.18. The van der Waals surface area contributed by atoms with Gasteiger partial charge >= 0.3 is 0 Å². The summed E-state index contributed by atoms with van der Waals surface area (Å²) in [5, 5.41) is 9.51.